The van der Waals surface area contributed by atoms with Gasteiger partial charge in [-0.2, -0.15) is 5.26 Å². The third kappa shape index (κ3) is 3.84. The van der Waals surface area contributed by atoms with Gasteiger partial charge in [0.15, 0.2) is 11.7 Å². The molecule has 1 heterocycles. The number of aryl methyl sites for hydroxylation is 2. The fourth-order valence-corrected chi connectivity index (χ4v) is 2.95. The number of anilines is 1. The van der Waals surface area contributed by atoms with E-state index in [0.717, 1.165) is 16.5 Å². The maximum atomic E-state index is 12.9. The molecule has 3 rings (SSSR count). The van der Waals surface area contributed by atoms with Crippen LogP contribution in [-0.2, 0) is 4.79 Å². The van der Waals surface area contributed by atoms with Crippen LogP contribution in [0.5, 0.6) is 5.75 Å². The van der Waals surface area contributed by atoms with Gasteiger partial charge in [0, 0.05) is 28.4 Å². The Labute approximate surface area is 162 Å². The molecule has 0 aliphatic rings. The van der Waals surface area contributed by atoms with E-state index in [9.17, 15) is 14.9 Å². The minimum Gasteiger partial charge on any atom is -0.497 e. The van der Waals surface area contributed by atoms with E-state index in [1.807, 2.05) is 31.2 Å². The number of amides is 1. The van der Waals surface area contributed by atoms with Crippen LogP contribution in [0.15, 0.2) is 48.5 Å². The van der Waals surface area contributed by atoms with Gasteiger partial charge in [-0.25, -0.2) is 0 Å². The maximum absolute atomic E-state index is 12.9. The lowest BCUT2D eigenvalue weighted by atomic mass is 9.95. The van der Waals surface area contributed by atoms with Crippen molar-refractivity contribution in [2.24, 2.45) is 5.92 Å². The zero-order valence-corrected chi connectivity index (χ0v) is 15.8. The van der Waals surface area contributed by atoms with Crippen molar-refractivity contribution < 1.29 is 14.3 Å². The highest BCUT2D eigenvalue weighted by atomic mass is 16.5. The lowest BCUT2D eigenvalue weighted by Crippen LogP contribution is -2.29. The summed E-state index contributed by atoms with van der Waals surface area (Å²) < 4.78 is 5.11. The van der Waals surface area contributed by atoms with Crippen LogP contribution in [0.3, 0.4) is 0 Å². The summed E-state index contributed by atoms with van der Waals surface area (Å²) >= 11 is 0. The monoisotopic (exact) mass is 373 g/mol. The molecule has 1 atom stereocenters. The average molecular weight is 373 g/mol. The molecule has 1 N–H and O–H groups in total. The highest BCUT2D eigenvalue weighted by Gasteiger charge is 2.29. The number of aromatic nitrogens is 1. The molecule has 6 nitrogen and oxygen atoms in total. The number of nitrogens with zero attached hydrogens (tertiary/aromatic N) is 2. The number of nitriles is 1. The lowest BCUT2D eigenvalue weighted by molar-refractivity contribution is -0.117. The van der Waals surface area contributed by atoms with Gasteiger partial charge in [0.1, 0.15) is 5.75 Å². The van der Waals surface area contributed by atoms with Gasteiger partial charge in [-0.3, -0.25) is 14.6 Å². The molecule has 28 heavy (non-hydrogen) atoms. The van der Waals surface area contributed by atoms with Crippen molar-refractivity contribution in [1.82, 2.24) is 4.98 Å². The Morgan fingerprint density at radius 3 is 2.64 bits per heavy atom. The van der Waals surface area contributed by atoms with Crippen molar-refractivity contribution >= 4 is 28.3 Å². The molecule has 2 aromatic carbocycles. The van der Waals surface area contributed by atoms with E-state index in [1.165, 1.54) is 7.11 Å². The third-order valence-electron chi connectivity index (χ3n) is 4.42. The number of benzene rings is 2. The number of methoxy groups -OCH3 is 1. The van der Waals surface area contributed by atoms with Crippen molar-refractivity contribution in [3.63, 3.8) is 0 Å². The number of carbonyl (C=O) groups is 2. The van der Waals surface area contributed by atoms with Crippen LogP contribution in [-0.4, -0.2) is 23.8 Å². The summed E-state index contributed by atoms with van der Waals surface area (Å²) in [4.78, 5) is 29.9. The molecule has 1 unspecified atom stereocenters. The third-order valence-corrected chi connectivity index (χ3v) is 4.42. The Hall–Kier alpha value is -3.72. The van der Waals surface area contributed by atoms with Crippen LogP contribution >= 0.6 is 0 Å². The normalized spacial score (nSPS) is 11.5. The van der Waals surface area contributed by atoms with Gasteiger partial charge >= 0.3 is 0 Å². The number of carbonyl (C=O) groups excluding carboxylic acids is 2. The van der Waals surface area contributed by atoms with Gasteiger partial charge < -0.3 is 10.1 Å². The molecular weight excluding hydrogens is 354 g/mol. The Balaban J connectivity index is 1.90. The van der Waals surface area contributed by atoms with Crippen LogP contribution < -0.4 is 10.1 Å². The summed E-state index contributed by atoms with van der Waals surface area (Å²) in [5.41, 5.74) is 2.99. The summed E-state index contributed by atoms with van der Waals surface area (Å²) in [7, 11) is 1.51. The SMILES string of the molecule is COc1cccc(NC(=O)C(C#N)C(=O)c2cc3cc(C)ccc3nc2C)c1. The fraction of sp³-hybridized carbons (Fsp3) is 0.182. The van der Waals surface area contributed by atoms with E-state index in [4.69, 9.17) is 4.74 Å². The molecule has 1 aromatic heterocycles. The Morgan fingerprint density at radius 2 is 1.93 bits per heavy atom. The number of nitrogens with one attached hydrogen (secondary N) is 1. The van der Waals surface area contributed by atoms with Crippen molar-refractivity contribution in [2.75, 3.05) is 12.4 Å². The van der Waals surface area contributed by atoms with Gasteiger partial charge in [0.2, 0.25) is 5.91 Å². The summed E-state index contributed by atoms with van der Waals surface area (Å²) in [6.07, 6.45) is 0. The van der Waals surface area contributed by atoms with E-state index in [-0.39, 0.29) is 5.56 Å². The van der Waals surface area contributed by atoms with Gasteiger partial charge in [0.05, 0.1) is 18.7 Å². The largest absolute Gasteiger partial charge is 0.497 e. The zero-order valence-electron chi connectivity index (χ0n) is 15.8. The minimum absolute atomic E-state index is 0.269. The Bertz CT molecular complexity index is 1120. The van der Waals surface area contributed by atoms with Crippen molar-refractivity contribution in [1.29, 1.82) is 5.26 Å². The number of rotatable bonds is 5. The summed E-state index contributed by atoms with van der Waals surface area (Å²) in [6, 6.07) is 15.9. The van der Waals surface area contributed by atoms with Gasteiger partial charge in [0.25, 0.3) is 0 Å². The molecule has 0 spiro atoms. The first-order chi connectivity index (χ1) is 13.4. The predicted molar refractivity (Wildman–Crippen MR) is 106 cm³/mol. The molecule has 0 aliphatic carbocycles. The molecule has 6 heteroatoms. The molecule has 0 radical (unpaired) electrons. The predicted octanol–water partition coefficient (Wildman–Crippen LogP) is 3.82. The minimum atomic E-state index is -1.48. The van der Waals surface area contributed by atoms with Crippen molar-refractivity contribution in [2.45, 2.75) is 13.8 Å². The van der Waals surface area contributed by atoms with Crippen molar-refractivity contribution in [3.05, 3.63) is 65.4 Å². The molecule has 0 aliphatic heterocycles. The average Bonchev–Trinajstić information content (AvgIpc) is 2.68. The molecule has 0 fully saturated rings. The van der Waals surface area contributed by atoms with Gasteiger partial charge in [-0.05, 0) is 44.2 Å². The van der Waals surface area contributed by atoms with Gasteiger partial charge in [-0.15, -0.1) is 0 Å². The Morgan fingerprint density at radius 1 is 1.14 bits per heavy atom. The summed E-state index contributed by atoms with van der Waals surface area (Å²) in [5, 5.41) is 12.9. The second-order valence-corrected chi connectivity index (χ2v) is 6.47. The zero-order chi connectivity index (χ0) is 20.3. The molecule has 0 saturated carbocycles. The molecular formula is C22H19N3O3. The number of pyridine rings is 1. The van der Waals surface area contributed by atoms with E-state index in [1.54, 1.807) is 37.3 Å². The second-order valence-electron chi connectivity index (χ2n) is 6.47. The summed E-state index contributed by atoms with van der Waals surface area (Å²) in [5.74, 6) is -2.18. The first kappa shape index (κ1) is 19.1. The number of hydrogen-bond acceptors (Lipinski definition) is 5. The molecule has 0 bridgehead atoms. The number of Topliss-reactive ketones (excluding diaryl/α,β-unsaturated/α-hetero) is 1. The number of ketones is 1. The molecule has 1 amide bonds. The van der Waals surface area contributed by atoms with E-state index in [0.29, 0.717) is 17.1 Å². The molecule has 140 valence electrons. The lowest BCUT2D eigenvalue weighted by Gasteiger charge is -2.12. The Kier molecular flexibility index (Phi) is 5.37. The van der Waals surface area contributed by atoms with E-state index < -0.39 is 17.6 Å². The molecule has 0 saturated heterocycles. The highest BCUT2D eigenvalue weighted by molar-refractivity contribution is 6.16. The van der Waals surface area contributed by atoms with E-state index in [2.05, 4.69) is 10.3 Å². The number of ether oxygens (including phenoxy) is 1. The first-order valence-electron chi connectivity index (χ1n) is 8.69. The van der Waals surface area contributed by atoms with Crippen LogP contribution in [0.25, 0.3) is 10.9 Å². The van der Waals surface area contributed by atoms with E-state index >= 15 is 0 Å². The van der Waals surface area contributed by atoms with Crippen LogP contribution in [0.2, 0.25) is 0 Å². The summed E-state index contributed by atoms with van der Waals surface area (Å²) in [6.45, 7) is 3.64. The quantitative estimate of drug-likeness (QED) is 0.542. The topological polar surface area (TPSA) is 92.1 Å². The van der Waals surface area contributed by atoms with Crippen molar-refractivity contribution in [3.8, 4) is 11.8 Å². The van der Waals surface area contributed by atoms with Crippen LogP contribution in [0.4, 0.5) is 5.69 Å². The number of hydrogen-bond donors (Lipinski definition) is 1. The maximum Gasteiger partial charge on any atom is 0.249 e. The highest BCUT2D eigenvalue weighted by Crippen LogP contribution is 2.22. The first-order valence-corrected chi connectivity index (χ1v) is 8.69. The fourth-order valence-electron chi connectivity index (χ4n) is 2.95. The van der Waals surface area contributed by atoms with Crippen LogP contribution in [0, 0.1) is 31.1 Å². The smallest absolute Gasteiger partial charge is 0.249 e. The number of fused-ring (bicyclic) bond motifs is 1. The second kappa shape index (κ2) is 7.89. The molecule has 3 aromatic rings. The standard InChI is InChI=1S/C22H19N3O3/c1-13-7-8-20-15(9-13)10-18(14(2)24-20)21(26)19(12-23)22(27)25-16-5-4-6-17(11-16)28-3/h4-11,19H,1-3H3,(H,25,27). The van der Waals surface area contributed by atoms with Crippen LogP contribution in [0.1, 0.15) is 21.6 Å². The van der Waals surface area contributed by atoms with Gasteiger partial charge in [-0.1, -0.05) is 17.7 Å².